The zero-order valence-electron chi connectivity index (χ0n) is 11.5. The smallest absolute Gasteiger partial charge is 0.191 e. The quantitative estimate of drug-likeness (QED) is 0.857. The van der Waals surface area contributed by atoms with Gasteiger partial charge < -0.3 is 10.6 Å². The number of aliphatic imine (C=N–C) groups is 1. The molecule has 2 rings (SSSR count). The third kappa shape index (κ3) is 3.69. The van der Waals surface area contributed by atoms with Crippen molar-refractivity contribution in [3.63, 3.8) is 0 Å². The van der Waals surface area contributed by atoms with E-state index in [9.17, 15) is 4.39 Å². The van der Waals surface area contributed by atoms with Gasteiger partial charge in [0.05, 0.1) is 12.6 Å². The lowest BCUT2D eigenvalue weighted by Crippen LogP contribution is -2.41. The first-order valence-corrected chi connectivity index (χ1v) is 7.01. The summed E-state index contributed by atoms with van der Waals surface area (Å²) < 4.78 is 13.1. The SMILES string of the molecule is CCCC[C@@H]1CN=C(N)N1CCc1cccc(F)c1. The van der Waals surface area contributed by atoms with E-state index < -0.39 is 0 Å². The van der Waals surface area contributed by atoms with Gasteiger partial charge in [-0.15, -0.1) is 0 Å². The van der Waals surface area contributed by atoms with Crippen LogP contribution in [-0.2, 0) is 6.42 Å². The highest BCUT2D eigenvalue weighted by Gasteiger charge is 2.24. The lowest BCUT2D eigenvalue weighted by Gasteiger charge is -2.26. The number of guanidine groups is 1. The van der Waals surface area contributed by atoms with Crippen molar-refractivity contribution >= 4 is 5.96 Å². The minimum Gasteiger partial charge on any atom is -0.370 e. The molecule has 0 aliphatic carbocycles. The molecule has 104 valence electrons. The fourth-order valence-corrected chi connectivity index (χ4v) is 2.50. The molecule has 0 radical (unpaired) electrons. The molecule has 1 heterocycles. The van der Waals surface area contributed by atoms with Gasteiger partial charge in [0, 0.05) is 6.54 Å². The van der Waals surface area contributed by atoms with Gasteiger partial charge in [0.25, 0.3) is 0 Å². The van der Waals surface area contributed by atoms with Gasteiger partial charge >= 0.3 is 0 Å². The summed E-state index contributed by atoms with van der Waals surface area (Å²) in [6.07, 6.45) is 4.32. The summed E-state index contributed by atoms with van der Waals surface area (Å²) in [6.45, 7) is 3.80. The summed E-state index contributed by atoms with van der Waals surface area (Å²) in [4.78, 5) is 6.50. The van der Waals surface area contributed by atoms with Gasteiger partial charge in [0.1, 0.15) is 5.82 Å². The van der Waals surface area contributed by atoms with Crippen LogP contribution in [-0.4, -0.2) is 30.0 Å². The Labute approximate surface area is 114 Å². The van der Waals surface area contributed by atoms with Crippen molar-refractivity contribution in [2.45, 2.75) is 38.6 Å². The van der Waals surface area contributed by atoms with Crippen molar-refractivity contribution in [2.24, 2.45) is 10.7 Å². The summed E-state index contributed by atoms with van der Waals surface area (Å²) >= 11 is 0. The highest BCUT2D eigenvalue weighted by molar-refractivity contribution is 5.80. The van der Waals surface area contributed by atoms with E-state index in [-0.39, 0.29) is 5.82 Å². The molecule has 0 spiro atoms. The predicted octanol–water partition coefficient (Wildman–Crippen LogP) is 2.56. The van der Waals surface area contributed by atoms with Crippen LogP contribution in [0.5, 0.6) is 0 Å². The lowest BCUT2D eigenvalue weighted by molar-refractivity contribution is 0.320. The summed E-state index contributed by atoms with van der Waals surface area (Å²) in [7, 11) is 0. The monoisotopic (exact) mass is 263 g/mol. The van der Waals surface area contributed by atoms with Crippen LogP contribution < -0.4 is 5.73 Å². The summed E-state index contributed by atoms with van der Waals surface area (Å²) in [5.74, 6) is 0.459. The Morgan fingerprint density at radius 1 is 1.47 bits per heavy atom. The third-order valence-electron chi connectivity index (χ3n) is 3.62. The topological polar surface area (TPSA) is 41.6 Å². The molecule has 0 unspecified atom stereocenters. The maximum absolute atomic E-state index is 13.1. The molecule has 1 aromatic rings. The number of unbranched alkanes of at least 4 members (excludes halogenated alkanes) is 1. The van der Waals surface area contributed by atoms with Gasteiger partial charge in [-0.3, -0.25) is 4.99 Å². The van der Waals surface area contributed by atoms with Crippen molar-refractivity contribution in [3.8, 4) is 0 Å². The van der Waals surface area contributed by atoms with Crippen LogP contribution in [0.2, 0.25) is 0 Å². The Bertz CT molecular complexity index is 445. The van der Waals surface area contributed by atoms with Gasteiger partial charge in [0.2, 0.25) is 0 Å². The van der Waals surface area contributed by atoms with E-state index in [1.54, 1.807) is 12.1 Å². The second-order valence-electron chi connectivity index (χ2n) is 5.07. The molecule has 3 nitrogen and oxygen atoms in total. The van der Waals surface area contributed by atoms with Crippen LogP contribution in [0, 0.1) is 5.82 Å². The van der Waals surface area contributed by atoms with E-state index in [4.69, 9.17) is 5.73 Å². The van der Waals surface area contributed by atoms with Crippen molar-refractivity contribution in [1.29, 1.82) is 0 Å². The zero-order chi connectivity index (χ0) is 13.7. The average molecular weight is 263 g/mol. The molecule has 4 heteroatoms. The number of nitrogens with zero attached hydrogens (tertiary/aromatic N) is 2. The molecular weight excluding hydrogens is 241 g/mol. The third-order valence-corrected chi connectivity index (χ3v) is 3.62. The Kier molecular flexibility index (Phi) is 4.77. The van der Waals surface area contributed by atoms with E-state index in [0.29, 0.717) is 12.0 Å². The zero-order valence-corrected chi connectivity index (χ0v) is 11.5. The number of hydrogen-bond acceptors (Lipinski definition) is 3. The van der Waals surface area contributed by atoms with Crippen LogP contribution in [0.4, 0.5) is 4.39 Å². The van der Waals surface area contributed by atoms with Crippen LogP contribution in [0.3, 0.4) is 0 Å². The first kappa shape index (κ1) is 13.8. The van der Waals surface area contributed by atoms with Crippen molar-refractivity contribution < 1.29 is 4.39 Å². The molecule has 0 amide bonds. The number of nitrogens with two attached hydrogens (primary N) is 1. The summed E-state index contributed by atoms with van der Waals surface area (Å²) in [6, 6.07) is 7.19. The van der Waals surface area contributed by atoms with Gasteiger partial charge in [-0.2, -0.15) is 0 Å². The molecule has 19 heavy (non-hydrogen) atoms. The molecule has 0 saturated carbocycles. The van der Waals surface area contributed by atoms with Crippen LogP contribution in [0.15, 0.2) is 29.3 Å². The Morgan fingerprint density at radius 3 is 3.05 bits per heavy atom. The molecule has 1 aromatic carbocycles. The fourth-order valence-electron chi connectivity index (χ4n) is 2.50. The number of benzene rings is 1. The molecule has 0 aromatic heterocycles. The standard InChI is InChI=1S/C15H22FN3/c1-2-3-7-14-11-18-15(17)19(14)9-8-12-5-4-6-13(16)10-12/h4-6,10,14H,2-3,7-9,11H2,1H3,(H2,17,18)/t14-/m1/s1. The van der Waals surface area contributed by atoms with Gasteiger partial charge in [0.15, 0.2) is 5.96 Å². The fraction of sp³-hybridized carbons (Fsp3) is 0.533. The van der Waals surface area contributed by atoms with Crippen molar-refractivity contribution in [3.05, 3.63) is 35.6 Å². The lowest BCUT2D eigenvalue weighted by atomic mass is 10.1. The van der Waals surface area contributed by atoms with E-state index in [0.717, 1.165) is 31.5 Å². The second kappa shape index (κ2) is 6.55. The largest absolute Gasteiger partial charge is 0.370 e. The Balaban J connectivity index is 1.91. The molecule has 1 atom stereocenters. The molecule has 1 aliphatic rings. The summed E-state index contributed by atoms with van der Waals surface area (Å²) in [5, 5.41) is 0. The first-order valence-electron chi connectivity index (χ1n) is 7.01. The van der Waals surface area contributed by atoms with E-state index in [2.05, 4.69) is 16.8 Å². The maximum atomic E-state index is 13.1. The normalized spacial score (nSPS) is 18.7. The predicted molar refractivity (Wildman–Crippen MR) is 76.6 cm³/mol. The van der Waals surface area contributed by atoms with Crippen LogP contribution >= 0.6 is 0 Å². The maximum Gasteiger partial charge on any atom is 0.191 e. The van der Waals surface area contributed by atoms with E-state index in [1.807, 2.05) is 6.07 Å². The number of hydrogen-bond donors (Lipinski definition) is 1. The van der Waals surface area contributed by atoms with Gasteiger partial charge in [-0.05, 0) is 30.5 Å². The highest BCUT2D eigenvalue weighted by Crippen LogP contribution is 2.16. The van der Waals surface area contributed by atoms with Crippen molar-refractivity contribution in [2.75, 3.05) is 13.1 Å². The molecule has 0 saturated heterocycles. The number of rotatable bonds is 6. The first-order chi connectivity index (χ1) is 9.20. The van der Waals surface area contributed by atoms with Crippen molar-refractivity contribution in [1.82, 2.24) is 4.90 Å². The van der Waals surface area contributed by atoms with Crippen LogP contribution in [0.25, 0.3) is 0 Å². The van der Waals surface area contributed by atoms with E-state index >= 15 is 0 Å². The summed E-state index contributed by atoms with van der Waals surface area (Å²) in [5.41, 5.74) is 6.95. The number of halogens is 1. The van der Waals surface area contributed by atoms with Gasteiger partial charge in [-0.25, -0.2) is 4.39 Å². The molecular formula is C15H22FN3. The molecule has 0 bridgehead atoms. The van der Waals surface area contributed by atoms with Crippen LogP contribution in [0.1, 0.15) is 31.7 Å². The second-order valence-corrected chi connectivity index (χ2v) is 5.07. The Hall–Kier alpha value is -1.58. The van der Waals surface area contributed by atoms with Gasteiger partial charge in [-0.1, -0.05) is 31.9 Å². The molecule has 1 aliphatic heterocycles. The minimum absolute atomic E-state index is 0.178. The average Bonchev–Trinajstić information content (AvgIpc) is 2.75. The highest BCUT2D eigenvalue weighted by atomic mass is 19.1. The Morgan fingerprint density at radius 2 is 2.32 bits per heavy atom. The molecule has 0 fully saturated rings. The minimum atomic E-state index is -0.178. The van der Waals surface area contributed by atoms with E-state index in [1.165, 1.54) is 18.9 Å². The molecule has 2 N–H and O–H groups in total.